The Labute approximate surface area is 141 Å². The Hall–Kier alpha value is -0.370. The SMILES string of the molecule is CN(CC(=O)Nc1cccc(I)c1)CC(C)(C)CN.Cl. The molecule has 0 aliphatic carbocycles. The zero-order valence-corrected chi connectivity index (χ0v) is 15.1. The first-order valence-corrected chi connectivity index (χ1v) is 7.34. The number of carbonyl (C=O) groups excluding carboxylic acids is 1. The van der Waals surface area contributed by atoms with Crippen LogP contribution in [0, 0.1) is 8.99 Å². The maximum absolute atomic E-state index is 11.9. The van der Waals surface area contributed by atoms with Gasteiger partial charge >= 0.3 is 0 Å². The van der Waals surface area contributed by atoms with Crippen molar-refractivity contribution >= 4 is 46.6 Å². The Morgan fingerprint density at radius 1 is 1.45 bits per heavy atom. The van der Waals surface area contributed by atoms with E-state index in [2.05, 4.69) is 41.8 Å². The van der Waals surface area contributed by atoms with E-state index >= 15 is 0 Å². The van der Waals surface area contributed by atoms with Crippen molar-refractivity contribution in [2.75, 3.05) is 32.0 Å². The van der Waals surface area contributed by atoms with Crippen LogP contribution in [-0.4, -0.2) is 37.5 Å². The number of anilines is 1. The molecule has 1 rings (SSSR count). The van der Waals surface area contributed by atoms with E-state index in [4.69, 9.17) is 5.73 Å². The molecule has 114 valence electrons. The van der Waals surface area contributed by atoms with E-state index in [-0.39, 0.29) is 23.7 Å². The van der Waals surface area contributed by atoms with Crippen molar-refractivity contribution in [3.05, 3.63) is 27.8 Å². The van der Waals surface area contributed by atoms with Crippen molar-refractivity contribution in [3.8, 4) is 0 Å². The number of hydrogen-bond donors (Lipinski definition) is 2. The summed E-state index contributed by atoms with van der Waals surface area (Å²) in [4.78, 5) is 13.9. The van der Waals surface area contributed by atoms with Crippen molar-refractivity contribution in [2.45, 2.75) is 13.8 Å². The summed E-state index contributed by atoms with van der Waals surface area (Å²) in [7, 11) is 1.94. The molecular weight excluding hydrogens is 389 g/mol. The molecule has 0 aromatic heterocycles. The van der Waals surface area contributed by atoms with E-state index in [1.807, 2.05) is 36.2 Å². The maximum Gasteiger partial charge on any atom is 0.238 e. The second-order valence-corrected chi connectivity index (χ2v) is 6.84. The molecule has 0 bridgehead atoms. The Balaban J connectivity index is 0.00000361. The monoisotopic (exact) mass is 411 g/mol. The smallest absolute Gasteiger partial charge is 0.238 e. The van der Waals surface area contributed by atoms with Gasteiger partial charge in [-0.05, 0) is 59.8 Å². The van der Waals surface area contributed by atoms with Crippen molar-refractivity contribution < 1.29 is 4.79 Å². The van der Waals surface area contributed by atoms with Gasteiger partial charge in [-0.1, -0.05) is 19.9 Å². The molecule has 20 heavy (non-hydrogen) atoms. The van der Waals surface area contributed by atoms with Crippen LogP contribution < -0.4 is 11.1 Å². The third-order valence-corrected chi connectivity index (χ3v) is 3.44. The molecule has 0 saturated heterocycles. The molecule has 0 fully saturated rings. The predicted octanol–water partition coefficient (Wildman–Crippen LogP) is 2.57. The second kappa shape index (κ2) is 8.81. The lowest BCUT2D eigenvalue weighted by Gasteiger charge is -2.28. The van der Waals surface area contributed by atoms with E-state index in [9.17, 15) is 4.79 Å². The van der Waals surface area contributed by atoms with Crippen molar-refractivity contribution in [2.24, 2.45) is 11.1 Å². The minimum atomic E-state index is -0.00248. The van der Waals surface area contributed by atoms with Gasteiger partial charge < -0.3 is 11.1 Å². The predicted molar refractivity (Wildman–Crippen MR) is 95.4 cm³/mol. The van der Waals surface area contributed by atoms with Crippen LogP contribution in [0.2, 0.25) is 0 Å². The topological polar surface area (TPSA) is 58.4 Å². The Kier molecular flexibility index (Phi) is 8.65. The van der Waals surface area contributed by atoms with Crippen LogP contribution in [0.4, 0.5) is 5.69 Å². The highest BCUT2D eigenvalue weighted by Gasteiger charge is 2.19. The molecule has 0 aliphatic rings. The van der Waals surface area contributed by atoms with Gasteiger partial charge in [-0.25, -0.2) is 0 Å². The van der Waals surface area contributed by atoms with Gasteiger partial charge in [0.05, 0.1) is 6.54 Å². The Bertz CT molecular complexity index is 440. The summed E-state index contributed by atoms with van der Waals surface area (Å²) in [6.07, 6.45) is 0. The lowest BCUT2D eigenvalue weighted by atomic mass is 9.93. The van der Waals surface area contributed by atoms with E-state index in [0.717, 1.165) is 15.8 Å². The van der Waals surface area contributed by atoms with Gasteiger partial charge in [0.1, 0.15) is 0 Å². The molecule has 1 aromatic carbocycles. The molecule has 4 nitrogen and oxygen atoms in total. The number of nitrogens with one attached hydrogen (secondary N) is 1. The number of likely N-dealkylation sites (N-methyl/N-ethyl adjacent to an activating group) is 1. The summed E-state index contributed by atoms with van der Waals surface area (Å²) in [6, 6.07) is 7.76. The van der Waals surface area contributed by atoms with Crippen molar-refractivity contribution in [3.63, 3.8) is 0 Å². The fourth-order valence-corrected chi connectivity index (χ4v) is 2.41. The summed E-state index contributed by atoms with van der Waals surface area (Å²) in [5.41, 5.74) is 6.56. The molecule has 0 spiro atoms. The van der Waals surface area contributed by atoms with Crippen LogP contribution in [0.1, 0.15) is 13.8 Å². The summed E-state index contributed by atoms with van der Waals surface area (Å²) < 4.78 is 1.10. The normalized spacial score (nSPS) is 11.1. The minimum Gasteiger partial charge on any atom is -0.330 e. The lowest BCUT2D eigenvalue weighted by molar-refractivity contribution is -0.117. The zero-order valence-electron chi connectivity index (χ0n) is 12.1. The van der Waals surface area contributed by atoms with Gasteiger partial charge in [-0.2, -0.15) is 0 Å². The summed E-state index contributed by atoms with van der Waals surface area (Å²) in [5.74, 6) is -0.00248. The third kappa shape index (κ3) is 7.42. The zero-order chi connectivity index (χ0) is 14.5. The number of halogens is 2. The van der Waals surface area contributed by atoms with Crippen LogP contribution in [0.15, 0.2) is 24.3 Å². The fraction of sp³-hybridized carbons (Fsp3) is 0.500. The first-order valence-electron chi connectivity index (χ1n) is 6.26. The van der Waals surface area contributed by atoms with Gasteiger partial charge in [0, 0.05) is 15.8 Å². The molecule has 0 heterocycles. The van der Waals surface area contributed by atoms with E-state index in [0.29, 0.717) is 13.1 Å². The Morgan fingerprint density at radius 2 is 2.10 bits per heavy atom. The molecular formula is C14H23ClIN3O. The summed E-state index contributed by atoms with van der Waals surface area (Å²) in [5, 5.41) is 2.90. The molecule has 1 aromatic rings. The molecule has 1 amide bonds. The largest absolute Gasteiger partial charge is 0.330 e. The highest BCUT2D eigenvalue weighted by molar-refractivity contribution is 14.1. The highest BCUT2D eigenvalue weighted by atomic mass is 127. The van der Waals surface area contributed by atoms with Crippen molar-refractivity contribution in [1.29, 1.82) is 0 Å². The summed E-state index contributed by atoms with van der Waals surface area (Å²) >= 11 is 2.22. The van der Waals surface area contributed by atoms with Gasteiger partial charge in [-0.15, -0.1) is 12.4 Å². The second-order valence-electron chi connectivity index (χ2n) is 5.60. The first kappa shape index (κ1) is 19.6. The quantitative estimate of drug-likeness (QED) is 0.707. The van der Waals surface area contributed by atoms with Crippen LogP contribution in [0.5, 0.6) is 0 Å². The maximum atomic E-state index is 11.9. The number of rotatable bonds is 6. The van der Waals surface area contributed by atoms with Crippen LogP contribution in [-0.2, 0) is 4.79 Å². The molecule has 0 saturated carbocycles. The van der Waals surface area contributed by atoms with Crippen LogP contribution in [0.3, 0.4) is 0 Å². The molecule has 6 heteroatoms. The van der Waals surface area contributed by atoms with E-state index < -0.39 is 0 Å². The van der Waals surface area contributed by atoms with Gasteiger partial charge in [0.2, 0.25) is 5.91 Å². The Morgan fingerprint density at radius 3 is 2.65 bits per heavy atom. The standard InChI is InChI=1S/C14H22IN3O.ClH/c1-14(2,9-16)10-18(3)8-13(19)17-12-6-4-5-11(15)7-12;/h4-7H,8-10,16H2,1-3H3,(H,17,19);1H. The van der Waals surface area contributed by atoms with Gasteiger partial charge in [-0.3, -0.25) is 9.69 Å². The van der Waals surface area contributed by atoms with Crippen molar-refractivity contribution in [1.82, 2.24) is 4.90 Å². The number of nitrogens with two attached hydrogens (primary N) is 1. The number of carbonyl (C=O) groups is 1. The highest BCUT2D eigenvalue weighted by Crippen LogP contribution is 2.14. The van der Waals surface area contributed by atoms with Gasteiger partial charge in [0.25, 0.3) is 0 Å². The molecule has 0 unspecified atom stereocenters. The number of hydrogen-bond acceptors (Lipinski definition) is 3. The molecule has 3 N–H and O–H groups in total. The fourth-order valence-electron chi connectivity index (χ4n) is 1.86. The van der Waals surface area contributed by atoms with Gasteiger partial charge in [0.15, 0.2) is 0 Å². The third-order valence-electron chi connectivity index (χ3n) is 2.77. The average molecular weight is 412 g/mol. The first-order chi connectivity index (χ1) is 8.82. The van der Waals surface area contributed by atoms with Crippen LogP contribution in [0.25, 0.3) is 0 Å². The van der Waals surface area contributed by atoms with Crippen LogP contribution >= 0.6 is 35.0 Å². The molecule has 0 radical (unpaired) electrons. The molecule has 0 atom stereocenters. The average Bonchev–Trinajstić information content (AvgIpc) is 2.27. The number of benzene rings is 1. The minimum absolute atomic E-state index is 0. The van der Waals surface area contributed by atoms with E-state index in [1.54, 1.807) is 0 Å². The summed E-state index contributed by atoms with van der Waals surface area (Å²) in [6.45, 7) is 5.97. The number of nitrogens with zero attached hydrogens (tertiary/aromatic N) is 1. The van der Waals surface area contributed by atoms with E-state index in [1.165, 1.54) is 0 Å². The molecule has 0 aliphatic heterocycles. The number of amides is 1. The lowest BCUT2D eigenvalue weighted by Crippen LogP contribution is -2.40.